The van der Waals surface area contributed by atoms with Gasteiger partial charge >= 0.3 is 0 Å². The number of aromatic nitrogens is 4. The van der Waals surface area contributed by atoms with Gasteiger partial charge in [-0.1, -0.05) is 12.1 Å². The van der Waals surface area contributed by atoms with Crippen LogP contribution in [0.1, 0.15) is 11.8 Å². The molecule has 1 saturated heterocycles. The number of benzene rings is 1. The van der Waals surface area contributed by atoms with E-state index >= 15 is 0 Å². The summed E-state index contributed by atoms with van der Waals surface area (Å²) in [5.74, 6) is 1.21. The number of nitrogens with one attached hydrogen (secondary N) is 1. The molecule has 1 fully saturated rings. The fourth-order valence-electron chi connectivity index (χ4n) is 3.28. The summed E-state index contributed by atoms with van der Waals surface area (Å²) in [6.45, 7) is 0.0450. The van der Waals surface area contributed by atoms with Crippen molar-refractivity contribution in [3.8, 4) is 5.75 Å². The Bertz CT molecular complexity index is 994. The van der Waals surface area contributed by atoms with E-state index in [1.807, 2.05) is 24.3 Å². The number of anilines is 2. The van der Waals surface area contributed by atoms with E-state index in [1.54, 1.807) is 7.11 Å². The molecule has 4 rings (SSSR count). The fourth-order valence-corrected chi connectivity index (χ4v) is 3.28. The van der Waals surface area contributed by atoms with Gasteiger partial charge in [0.15, 0.2) is 23.2 Å². The Kier molecular flexibility index (Phi) is 5.20. The summed E-state index contributed by atoms with van der Waals surface area (Å²) in [7, 11) is 1.61. The third kappa shape index (κ3) is 3.56. The summed E-state index contributed by atoms with van der Waals surface area (Å²) in [6, 6.07) is 7.56. The van der Waals surface area contributed by atoms with Gasteiger partial charge < -0.3 is 35.8 Å². The fraction of sp³-hybridized carbons (Fsp3) is 0.389. The van der Waals surface area contributed by atoms with Gasteiger partial charge in [0, 0.05) is 6.54 Å². The number of hydrogen-bond donors (Lipinski definition) is 5. The first kappa shape index (κ1) is 19.3. The second-order valence-corrected chi connectivity index (χ2v) is 6.68. The van der Waals surface area contributed by atoms with E-state index in [1.165, 1.54) is 10.9 Å². The van der Waals surface area contributed by atoms with Gasteiger partial charge in [0.05, 0.1) is 20.0 Å². The van der Waals surface area contributed by atoms with Gasteiger partial charge in [-0.25, -0.2) is 4.98 Å². The number of nitrogens with zero attached hydrogens (tertiary/aromatic N) is 4. The lowest BCUT2D eigenvalue weighted by Gasteiger charge is -2.16. The maximum atomic E-state index is 10.3. The van der Waals surface area contributed by atoms with Crippen molar-refractivity contribution in [2.24, 2.45) is 0 Å². The van der Waals surface area contributed by atoms with Gasteiger partial charge in [0.1, 0.15) is 24.1 Å². The summed E-state index contributed by atoms with van der Waals surface area (Å²) in [5, 5.41) is 32.8. The van der Waals surface area contributed by atoms with Gasteiger partial charge in [-0.05, 0) is 17.7 Å². The Morgan fingerprint density at radius 2 is 1.97 bits per heavy atom. The second kappa shape index (κ2) is 7.79. The number of aliphatic hydroxyl groups excluding tert-OH is 3. The minimum Gasteiger partial charge on any atom is -0.497 e. The molecule has 0 spiro atoms. The molecule has 6 N–H and O–H groups in total. The minimum atomic E-state index is -1.25. The average molecular weight is 402 g/mol. The Morgan fingerprint density at radius 3 is 2.62 bits per heavy atom. The van der Waals surface area contributed by atoms with Gasteiger partial charge in [0.2, 0.25) is 5.95 Å². The smallest absolute Gasteiger partial charge is 0.224 e. The highest BCUT2D eigenvalue weighted by atomic mass is 16.6. The second-order valence-electron chi connectivity index (χ2n) is 6.68. The molecule has 3 aromatic rings. The number of ether oxygens (including phenoxy) is 2. The molecule has 0 saturated carbocycles. The van der Waals surface area contributed by atoms with Crippen LogP contribution in [-0.4, -0.2) is 66.9 Å². The predicted molar refractivity (Wildman–Crippen MR) is 103 cm³/mol. The number of nitrogens with two attached hydrogens (primary N) is 1. The van der Waals surface area contributed by atoms with Crippen molar-refractivity contribution in [3.05, 3.63) is 36.2 Å². The monoisotopic (exact) mass is 402 g/mol. The lowest BCUT2D eigenvalue weighted by molar-refractivity contribution is -0.0511. The Hall–Kier alpha value is -2.99. The third-order valence-corrected chi connectivity index (χ3v) is 4.85. The molecule has 3 heterocycles. The zero-order valence-electron chi connectivity index (χ0n) is 15.6. The summed E-state index contributed by atoms with van der Waals surface area (Å²) in [4.78, 5) is 12.7. The summed E-state index contributed by atoms with van der Waals surface area (Å²) < 4.78 is 12.2. The molecule has 0 amide bonds. The minimum absolute atomic E-state index is 0.0169. The van der Waals surface area contributed by atoms with E-state index < -0.39 is 31.1 Å². The lowest BCUT2D eigenvalue weighted by Crippen LogP contribution is -2.33. The van der Waals surface area contributed by atoms with Crippen molar-refractivity contribution in [2.75, 3.05) is 24.8 Å². The Labute approximate surface area is 165 Å². The van der Waals surface area contributed by atoms with E-state index in [4.69, 9.17) is 15.2 Å². The molecule has 11 heteroatoms. The molecule has 154 valence electrons. The zero-order valence-corrected chi connectivity index (χ0v) is 15.6. The van der Waals surface area contributed by atoms with Crippen molar-refractivity contribution >= 4 is 22.9 Å². The number of fused-ring (bicyclic) bond motifs is 1. The number of nitrogen functional groups attached to an aromatic ring is 1. The van der Waals surface area contributed by atoms with Crippen molar-refractivity contribution in [1.29, 1.82) is 0 Å². The van der Waals surface area contributed by atoms with E-state index in [0.29, 0.717) is 23.5 Å². The Balaban J connectivity index is 1.61. The average Bonchev–Trinajstić information content (AvgIpc) is 3.27. The molecule has 4 atom stereocenters. The van der Waals surface area contributed by atoms with E-state index in [0.717, 1.165) is 11.3 Å². The highest BCUT2D eigenvalue weighted by Gasteiger charge is 2.44. The van der Waals surface area contributed by atoms with Gasteiger partial charge in [-0.2, -0.15) is 9.97 Å². The molecule has 2 aromatic heterocycles. The van der Waals surface area contributed by atoms with E-state index in [2.05, 4.69) is 20.3 Å². The first-order valence-electron chi connectivity index (χ1n) is 9.01. The van der Waals surface area contributed by atoms with Crippen LogP contribution in [0.2, 0.25) is 0 Å². The van der Waals surface area contributed by atoms with Crippen molar-refractivity contribution in [1.82, 2.24) is 19.5 Å². The SMILES string of the molecule is COc1ccc(CNc2nc(N)nc3c2ncn3C2O[C@H](CO)[C@@H](O)[C@H]2O)cc1. The number of hydrogen-bond acceptors (Lipinski definition) is 10. The van der Waals surface area contributed by atoms with E-state index in [-0.39, 0.29) is 5.95 Å². The maximum absolute atomic E-state index is 10.3. The first-order valence-corrected chi connectivity index (χ1v) is 9.01. The number of rotatable bonds is 6. The van der Waals surface area contributed by atoms with Gasteiger partial charge in [-0.3, -0.25) is 4.57 Å². The molecular weight excluding hydrogens is 380 g/mol. The molecule has 0 aliphatic carbocycles. The largest absolute Gasteiger partial charge is 0.497 e. The molecule has 0 bridgehead atoms. The van der Waals surface area contributed by atoms with Gasteiger partial charge in [-0.15, -0.1) is 0 Å². The molecule has 1 aromatic carbocycles. The van der Waals surface area contributed by atoms with Crippen LogP contribution in [0.5, 0.6) is 5.75 Å². The standard InChI is InChI=1S/C18H22N6O5/c1-28-10-4-2-9(3-5-10)6-20-15-12-16(23-18(19)22-15)24(8-21-12)17-14(27)13(26)11(7-25)29-17/h2-5,8,11,13-14,17,25-27H,6-7H2,1H3,(H3,19,20,22,23)/t11-,13-,14-,17?/m1/s1. The zero-order chi connectivity index (χ0) is 20.5. The normalized spacial score (nSPS) is 24.1. The molecular formula is C18H22N6O5. The highest BCUT2D eigenvalue weighted by molar-refractivity contribution is 5.84. The van der Waals surface area contributed by atoms with Crippen molar-refractivity contribution in [3.63, 3.8) is 0 Å². The maximum Gasteiger partial charge on any atom is 0.224 e. The van der Waals surface area contributed by atoms with Crippen LogP contribution in [0.25, 0.3) is 11.2 Å². The van der Waals surface area contributed by atoms with Crippen molar-refractivity contribution in [2.45, 2.75) is 31.1 Å². The lowest BCUT2D eigenvalue weighted by atomic mass is 10.1. The Morgan fingerprint density at radius 1 is 1.21 bits per heavy atom. The molecule has 1 aliphatic rings. The summed E-state index contributed by atoms with van der Waals surface area (Å²) in [6.07, 6.45) is -2.92. The number of methoxy groups -OCH3 is 1. The van der Waals surface area contributed by atoms with Crippen LogP contribution >= 0.6 is 0 Å². The van der Waals surface area contributed by atoms with Crippen LogP contribution in [0.4, 0.5) is 11.8 Å². The van der Waals surface area contributed by atoms with E-state index in [9.17, 15) is 15.3 Å². The molecule has 1 aliphatic heterocycles. The summed E-state index contributed by atoms with van der Waals surface area (Å²) in [5.41, 5.74) is 7.63. The molecule has 29 heavy (non-hydrogen) atoms. The molecule has 1 unspecified atom stereocenters. The van der Waals surface area contributed by atoms with Crippen LogP contribution in [0.3, 0.4) is 0 Å². The number of imidazole rings is 1. The van der Waals surface area contributed by atoms with Crippen molar-refractivity contribution < 1.29 is 24.8 Å². The van der Waals surface area contributed by atoms with Crippen LogP contribution in [0, 0.1) is 0 Å². The highest BCUT2D eigenvalue weighted by Crippen LogP contribution is 2.32. The molecule has 11 nitrogen and oxygen atoms in total. The first-order chi connectivity index (χ1) is 14.0. The quantitative estimate of drug-likeness (QED) is 0.368. The third-order valence-electron chi connectivity index (χ3n) is 4.85. The van der Waals surface area contributed by atoms with Crippen LogP contribution < -0.4 is 15.8 Å². The van der Waals surface area contributed by atoms with Gasteiger partial charge in [0.25, 0.3) is 0 Å². The predicted octanol–water partition coefficient (Wildman–Crippen LogP) is -0.359. The summed E-state index contributed by atoms with van der Waals surface area (Å²) >= 11 is 0. The van der Waals surface area contributed by atoms with Crippen LogP contribution in [0.15, 0.2) is 30.6 Å². The number of aliphatic hydroxyl groups is 3. The topological polar surface area (TPSA) is 161 Å². The van der Waals surface area contributed by atoms with Crippen LogP contribution in [-0.2, 0) is 11.3 Å². The molecule has 0 radical (unpaired) electrons.